The van der Waals surface area contributed by atoms with Gasteiger partial charge >= 0.3 is 0 Å². The molecule has 0 fully saturated rings. The second-order valence-corrected chi connectivity index (χ2v) is 8.77. The number of benzene rings is 3. The second-order valence-electron chi connectivity index (χ2n) is 7.39. The van der Waals surface area contributed by atoms with Crippen molar-refractivity contribution in [1.82, 2.24) is 25.0 Å². The van der Waals surface area contributed by atoms with Gasteiger partial charge in [-0.25, -0.2) is 0 Å². The molecule has 5 aromatic rings. The van der Waals surface area contributed by atoms with E-state index in [-0.39, 0.29) is 0 Å². The van der Waals surface area contributed by atoms with Crippen LogP contribution in [-0.2, 0) is 12.2 Å². The molecule has 9 heteroatoms. The van der Waals surface area contributed by atoms with Gasteiger partial charge in [0.25, 0.3) is 0 Å². The number of rotatable bonds is 8. The largest absolute Gasteiger partial charge is 0.497 e. The van der Waals surface area contributed by atoms with Crippen LogP contribution in [0.2, 0.25) is 5.02 Å². The number of aromatic nitrogens is 5. The van der Waals surface area contributed by atoms with Crippen molar-refractivity contribution in [1.29, 1.82) is 0 Å². The zero-order valence-electron chi connectivity index (χ0n) is 18.3. The standard InChI is InChI=1S/C25H20ClN5O2S/c1-32-21-9-5-8-18(15-21)24-29-30-25(31(24)20-12-10-19(26)11-13-20)34-16-23-28-27-22(33-23)14-17-6-3-2-4-7-17/h2-13,15H,14,16H2,1H3. The van der Waals surface area contributed by atoms with Crippen molar-refractivity contribution >= 4 is 23.4 Å². The molecule has 0 amide bonds. The van der Waals surface area contributed by atoms with E-state index in [1.807, 2.05) is 83.4 Å². The minimum atomic E-state index is 0.464. The first kappa shape index (κ1) is 22.2. The van der Waals surface area contributed by atoms with Gasteiger partial charge in [0.1, 0.15) is 5.75 Å². The molecule has 7 nitrogen and oxygen atoms in total. The van der Waals surface area contributed by atoms with Crippen LogP contribution in [0, 0.1) is 0 Å². The van der Waals surface area contributed by atoms with E-state index < -0.39 is 0 Å². The Balaban J connectivity index is 1.41. The molecule has 170 valence electrons. The number of thioether (sulfide) groups is 1. The Labute approximate surface area is 205 Å². The van der Waals surface area contributed by atoms with Crippen molar-refractivity contribution in [3.05, 3.63) is 101 Å². The Bertz CT molecular complexity index is 1390. The average molecular weight is 490 g/mol. The van der Waals surface area contributed by atoms with Gasteiger partial charge in [0.2, 0.25) is 11.8 Å². The van der Waals surface area contributed by atoms with E-state index in [0.29, 0.717) is 40.0 Å². The normalized spacial score (nSPS) is 11.0. The molecule has 0 N–H and O–H groups in total. The zero-order chi connectivity index (χ0) is 23.3. The molecule has 0 saturated carbocycles. The summed E-state index contributed by atoms with van der Waals surface area (Å²) in [6.07, 6.45) is 0.597. The molecule has 5 rings (SSSR count). The van der Waals surface area contributed by atoms with Crippen molar-refractivity contribution < 1.29 is 9.15 Å². The summed E-state index contributed by atoms with van der Waals surface area (Å²) in [6.45, 7) is 0. The van der Waals surface area contributed by atoms with Gasteiger partial charge in [-0.2, -0.15) is 0 Å². The minimum Gasteiger partial charge on any atom is -0.497 e. The summed E-state index contributed by atoms with van der Waals surface area (Å²) in [7, 11) is 1.64. The molecule has 0 unspecified atom stereocenters. The summed E-state index contributed by atoms with van der Waals surface area (Å²) < 4.78 is 13.2. The number of methoxy groups -OCH3 is 1. The third-order valence-corrected chi connectivity index (χ3v) is 6.24. The number of ether oxygens (including phenoxy) is 1. The van der Waals surface area contributed by atoms with E-state index in [1.54, 1.807) is 7.11 Å². The Morgan fingerprint density at radius 1 is 0.882 bits per heavy atom. The Morgan fingerprint density at radius 3 is 2.47 bits per heavy atom. The van der Waals surface area contributed by atoms with Crippen LogP contribution in [0.3, 0.4) is 0 Å². The van der Waals surface area contributed by atoms with Crippen molar-refractivity contribution in [2.24, 2.45) is 0 Å². The van der Waals surface area contributed by atoms with Gasteiger partial charge in [-0.05, 0) is 42.0 Å². The summed E-state index contributed by atoms with van der Waals surface area (Å²) in [4.78, 5) is 0. The zero-order valence-corrected chi connectivity index (χ0v) is 19.8. The molecule has 3 aromatic carbocycles. The van der Waals surface area contributed by atoms with Gasteiger partial charge in [0.05, 0.1) is 19.3 Å². The Hall–Kier alpha value is -3.62. The fraction of sp³-hybridized carbons (Fsp3) is 0.120. The second kappa shape index (κ2) is 10.1. The molecule has 0 atom stereocenters. The molecule has 2 heterocycles. The van der Waals surface area contributed by atoms with Crippen LogP contribution >= 0.6 is 23.4 Å². The first-order valence-corrected chi connectivity index (χ1v) is 11.9. The number of nitrogens with zero attached hydrogens (tertiary/aromatic N) is 5. The van der Waals surface area contributed by atoms with Crippen LogP contribution in [0.4, 0.5) is 0 Å². The van der Waals surface area contributed by atoms with Crippen molar-refractivity contribution in [2.75, 3.05) is 7.11 Å². The summed E-state index contributed by atoms with van der Waals surface area (Å²) in [6, 6.07) is 25.3. The molecule has 0 saturated heterocycles. The molecule has 2 aromatic heterocycles. The van der Waals surface area contributed by atoms with Crippen molar-refractivity contribution in [3.63, 3.8) is 0 Å². The Kier molecular flexibility index (Phi) is 6.60. The minimum absolute atomic E-state index is 0.464. The smallest absolute Gasteiger partial charge is 0.226 e. The predicted molar refractivity (Wildman–Crippen MR) is 131 cm³/mol. The summed E-state index contributed by atoms with van der Waals surface area (Å²) in [5, 5.41) is 18.7. The van der Waals surface area contributed by atoms with Crippen LogP contribution in [0.1, 0.15) is 17.3 Å². The highest BCUT2D eigenvalue weighted by Crippen LogP contribution is 2.31. The van der Waals surface area contributed by atoms with Crippen LogP contribution < -0.4 is 4.74 Å². The fourth-order valence-corrected chi connectivity index (χ4v) is 4.37. The molecule has 0 aliphatic carbocycles. The van der Waals surface area contributed by atoms with Crippen LogP contribution in [0.5, 0.6) is 5.75 Å². The average Bonchev–Trinajstić information content (AvgIpc) is 3.51. The highest BCUT2D eigenvalue weighted by atomic mass is 35.5. The van der Waals surface area contributed by atoms with Crippen LogP contribution in [0.25, 0.3) is 17.1 Å². The lowest BCUT2D eigenvalue weighted by atomic mass is 10.2. The molecule has 0 bridgehead atoms. The molecule has 0 radical (unpaired) electrons. The first-order chi connectivity index (χ1) is 16.7. The molecule has 0 aliphatic heterocycles. The molecule has 0 aliphatic rings. The lowest BCUT2D eigenvalue weighted by Gasteiger charge is -2.11. The third kappa shape index (κ3) is 4.98. The van der Waals surface area contributed by atoms with Crippen molar-refractivity contribution in [2.45, 2.75) is 17.3 Å². The van der Waals surface area contributed by atoms with Gasteiger partial charge in [-0.1, -0.05) is 65.8 Å². The topological polar surface area (TPSA) is 78.9 Å². The van der Waals surface area contributed by atoms with E-state index in [4.69, 9.17) is 20.8 Å². The highest BCUT2D eigenvalue weighted by molar-refractivity contribution is 7.98. The third-order valence-electron chi connectivity index (χ3n) is 5.08. The van der Waals surface area contributed by atoms with Gasteiger partial charge in [-0.15, -0.1) is 20.4 Å². The fourth-order valence-electron chi connectivity index (χ4n) is 3.45. The molecule has 34 heavy (non-hydrogen) atoms. The SMILES string of the molecule is COc1cccc(-c2nnc(SCc3nnc(Cc4ccccc4)o3)n2-c2ccc(Cl)cc2)c1. The molecular formula is C25H20ClN5O2S. The highest BCUT2D eigenvalue weighted by Gasteiger charge is 2.18. The van der Waals surface area contributed by atoms with Gasteiger partial charge < -0.3 is 9.15 Å². The van der Waals surface area contributed by atoms with Crippen LogP contribution in [-0.4, -0.2) is 32.1 Å². The lowest BCUT2D eigenvalue weighted by Crippen LogP contribution is -2.00. The summed E-state index contributed by atoms with van der Waals surface area (Å²) in [5.74, 6) is 3.02. The van der Waals surface area contributed by atoms with E-state index in [0.717, 1.165) is 22.6 Å². The lowest BCUT2D eigenvalue weighted by molar-refractivity contribution is 0.415. The quantitative estimate of drug-likeness (QED) is 0.252. The number of halogens is 1. The van der Waals surface area contributed by atoms with Gasteiger partial charge in [0, 0.05) is 16.3 Å². The first-order valence-electron chi connectivity index (χ1n) is 10.5. The number of hydrogen-bond donors (Lipinski definition) is 0. The van der Waals surface area contributed by atoms with E-state index in [2.05, 4.69) is 20.4 Å². The predicted octanol–water partition coefficient (Wildman–Crippen LogP) is 5.86. The monoisotopic (exact) mass is 489 g/mol. The Morgan fingerprint density at radius 2 is 1.68 bits per heavy atom. The summed E-state index contributed by atoms with van der Waals surface area (Å²) in [5.41, 5.74) is 2.90. The maximum atomic E-state index is 6.12. The van der Waals surface area contributed by atoms with Gasteiger partial charge in [-0.3, -0.25) is 4.57 Å². The van der Waals surface area contributed by atoms with Crippen molar-refractivity contribution in [3.8, 4) is 22.8 Å². The molecule has 0 spiro atoms. The molecular weight excluding hydrogens is 470 g/mol. The van der Waals surface area contributed by atoms with E-state index in [1.165, 1.54) is 11.8 Å². The van der Waals surface area contributed by atoms with E-state index >= 15 is 0 Å². The van der Waals surface area contributed by atoms with E-state index in [9.17, 15) is 0 Å². The maximum absolute atomic E-state index is 6.12. The van der Waals surface area contributed by atoms with Crippen LogP contribution in [0.15, 0.2) is 88.4 Å². The summed E-state index contributed by atoms with van der Waals surface area (Å²) >= 11 is 7.59. The van der Waals surface area contributed by atoms with Gasteiger partial charge in [0.15, 0.2) is 11.0 Å². The number of hydrogen-bond acceptors (Lipinski definition) is 7. The maximum Gasteiger partial charge on any atom is 0.226 e.